The highest BCUT2D eigenvalue weighted by Gasteiger charge is 2.43. The standard InChI is InChI=1S/C14H26O6/c1-2-3-4-5-6-7-8-19-14-13(18)12(17)11(16)10(9-15)20-14/h6-7,10-18H,2-5,8-9H2,1H3/b7-6+/t10-,11+,12+,13-,14-/m1/s1. The van der Waals surface area contributed by atoms with Gasteiger partial charge in [-0.3, -0.25) is 0 Å². The Bertz CT molecular complexity index is 281. The summed E-state index contributed by atoms with van der Waals surface area (Å²) in [4.78, 5) is 0. The summed E-state index contributed by atoms with van der Waals surface area (Å²) < 4.78 is 10.5. The Kier molecular flexibility index (Phi) is 8.28. The van der Waals surface area contributed by atoms with Crippen LogP contribution in [0.2, 0.25) is 0 Å². The fraction of sp³-hybridized carbons (Fsp3) is 0.857. The van der Waals surface area contributed by atoms with E-state index in [4.69, 9.17) is 14.6 Å². The first-order valence-electron chi connectivity index (χ1n) is 7.19. The van der Waals surface area contributed by atoms with Crippen molar-refractivity contribution in [2.45, 2.75) is 63.3 Å². The van der Waals surface area contributed by atoms with Crippen LogP contribution in [0.3, 0.4) is 0 Å². The average molecular weight is 290 g/mol. The molecule has 0 aromatic heterocycles. The van der Waals surface area contributed by atoms with Crippen molar-refractivity contribution in [2.24, 2.45) is 0 Å². The van der Waals surface area contributed by atoms with Crippen molar-refractivity contribution < 1.29 is 29.9 Å². The second kappa shape index (κ2) is 9.44. The van der Waals surface area contributed by atoms with E-state index in [2.05, 4.69) is 6.92 Å². The van der Waals surface area contributed by atoms with Crippen LogP contribution in [0.25, 0.3) is 0 Å². The molecule has 4 N–H and O–H groups in total. The molecule has 1 aliphatic rings. The molecule has 20 heavy (non-hydrogen) atoms. The smallest absolute Gasteiger partial charge is 0.187 e. The average Bonchev–Trinajstić information content (AvgIpc) is 2.46. The number of rotatable bonds is 8. The number of allylic oxidation sites excluding steroid dienone is 1. The topological polar surface area (TPSA) is 99.4 Å². The molecule has 1 fully saturated rings. The van der Waals surface area contributed by atoms with Crippen LogP contribution in [0.1, 0.15) is 32.6 Å². The van der Waals surface area contributed by atoms with Gasteiger partial charge >= 0.3 is 0 Å². The normalized spacial score (nSPS) is 34.8. The molecule has 0 bridgehead atoms. The summed E-state index contributed by atoms with van der Waals surface area (Å²) >= 11 is 0. The summed E-state index contributed by atoms with van der Waals surface area (Å²) in [7, 11) is 0. The highest BCUT2D eigenvalue weighted by molar-refractivity contribution is 4.89. The van der Waals surface area contributed by atoms with Gasteiger partial charge in [-0.1, -0.05) is 31.9 Å². The molecule has 5 atom stereocenters. The van der Waals surface area contributed by atoms with Gasteiger partial charge in [-0.25, -0.2) is 0 Å². The summed E-state index contributed by atoms with van der Waals surface area (Å²) in [6, 6.07) is 0. The fourth-order valence-electron chi connectivity index (χ4n) is 2.05. The van der Waals surface area contributed by atoms with Gasteiger partial charge in [0.05, 0.1) is 13.2 Å². The van der Waals surface area contributed by atoms with Crippen molar-refractivity contribution >= 4 is 0 Å². The molecular weight excluding hydrogens is 264 g/mol. The molecule has 0 aromatic carbocycles. The van der Waals surface area contributed by atoms with E-state index in [-0.39, 0.29) is 6.61 Å². The van der Waals surface area contributed by atoms with E-state index in [1.54, 1.807) is 0 Å². The van der Waals surface area contributed by atoms with E-state index in [1.165, 1.54) is 12.8 Å². The van der Waals surface area contributed by atoms with Gasteiger partial charge in [0.25, 0.3) is 0 Å². The monoisotopic (exact) mass is 290 g/mol. The first kappa shape index (κ1) is 17.6. The second-order valence-electron chi connectivity index (χ2n) is 5.00. The molecule has 118 valence electrons. The van der Waals surface area contributed by atoms with Crippen molar-refractivity contribution in [3.63, 3.8) is 0 Å². The third kappa shape index (κ3) is 5.12. The van der Waals surface area contributed by atoms with E-state index in [0.29, 0.717) is 0 Å². The van der Waals surface area contributed by atoms with Crippen LogP contribution in [-0.2, 0) is 9.47 Å². The van der Waals surface area contributed by atoms with E-state index in [1.807, 2.05) is 12.2 Å². The minimum atomic E-state index is -1.39. The molecule has 0 radical (unpaired) electrons. The Morgan fingerprint density at radius 2 is 1.80 bits per heavy atom. The maximum absolute atomic E-state index is 9.73. The zero-order chi connectivity index (χ0) is 15.0. The molecule has 6 nitrogen and oxygen atoms in total. The molecule has 0 saturated carbocycles. The third-order valence-electron chi connectivity index (χ3n) is 3.35. The van der Waals surface area contributed by atoms with Gasteiger partial charge in [0.1, 0.15) is 24.4 Å². The van der Waals surface area contributed by atoms with Crippen LogP contribution in [0.15, 0.2) is 12.2 Å². The van der Waals surface area contributed by atoms with Crippen LogP contribution in [-0.4, -0.2) is 64.3 Å². The van der Waals surface area contributed by atoms with Crippen LogP contribution in [0.4, 0.5) is 0 Å². The molecule has 6 heteroatoms. The van der Waals surface area contributed by atoms with Gasteiger partial charge in [-0.15, -0.1) is 0 Å². The Morgan fingerprint density at radius 3 is 2.45 bits per heavy atom. The number of hydrogen-bond donors (Lipinski definition) is 4. The maximum atomic E-state index is 9.73. The first-order valence-corrected chi connectivity index (χ1v) is 7.19. The Labute approximate surface area is 119 Å². The maximum Gasteiger partial charge on any atom is 0.187 e. The van der Waals surface area contributed by atoms with Crippen molar-refractivity contribution in [1.29, 1.82) is 0 Å². The molecule has 0 aromatic rings. The summed E-state index contributed by atoms with van der Waals surface area (Å²) in [6.45, 7) is 1.94. The van der Waals surface area contributed by atoms with Gasteiger partial charge in [0, 0.05) is 0 Å². The highest BCUT2D eigenvalue weighted by atomic mass is 16.7. The van der Waals surface area contributed by atoms with E-state index in [0.717, 1.165) is 12.8 Å². The number of aliphatic hydroxyl groups excluding tert-OH is 4. The number of aliphatic hydroxyl groups is 4. The van der Waals surface area contributed by atoms with Crippen molar-refractivity contribution in [3.8, 4) is 0 Å². The van der Waals surface area contributed by atoms with Gasteiger partial charge in [0.2, 0.25) is 0 Å². The summed E-state index contributed by atoms with van der Waals surface area (Å²) in [5, 5.41) is 37.9. The fourth-order valence-corrected chi connectivity index (χ4v) is 2.05. The second-order valence-corrected chi connectivity index (χ2v) is 5.00. The van der Waals surface area contributed by atoms with Crippen LogP contribution < -0.4 is 0 Å². The molecule has 0 spiro atoms. The van der Waals surface area contributed by atoms with Gasteiger partial charge in [-0.05, 0) is 12.8 Å². The van der Waals surface area contributed by atoms with E-state index < -0.39 is 37.3 Å². The zero-order valence-electron chi connectivity index (χ0n) is 11.9. The van der Waals surface area contributed by atoms with Crippen LogP contribution in [0, 0.1) is 0 Å². The van der Waals surface area contributed by atoms with Crippen molar-refractivity contribution in [3.05, 3.63) is 12.2 Å². The third-order valence-corrected chi connectivity index (χ3v) is 3.35. The quantitative estimate of drug-likeness (QED) is 0.369. The molecular formula is C14H26O6. The predicted octanol–water partition coefficient (Wildman–Crippen LogP) is -0.0606. The lowest BCUT2D eigenvalue weighted by Gasteiger charge is -2.39. The summed E-state index contributed by atoms with van der Waals surface area (Å²) in [6.07, 6.45) is 2.26. The predicted molar refractivity (Wildman–Crippen MR) is 73.0 cm³/mol. The Hall–Kier alpha value is -0.500. The molecule has 1 aliphatic heterocycles. The van der Waals surface area contributed by atoms with Crippen molar-refractivity contribution in [2.75, 3.05) is 13.2 Å². The minimum absolute atomic E-state index is 0.245. The number of hydrogen-bond acceptors (Lipinski definition) is 6. The molecule has 1 heterocycles. The Morgan fingerprint density at radius 1 is 1.05 bits per heavy atom. The SMILES string of the molecule is CCCCC/C=C/CO[C@@H]1O[C@H](CO)[C@H](O)[C@H](O)[C@H]1O. The zero-order valence-corrected chi connectivity index (χ0v) is 11.9. The van der Waals surface area contributed by atoms with E-state index >= 15 is 0 Å². The molecule has 0 amide bonds. The number of ether oxygens (including phenoxy) is 2. The lowest BCUT2D eigenvalue weighted by Crippen LogP contribution is -2.59. The molecule has 0 unspecified atom stereocenters. The molecule has 0 aliphatic carbocycles. The number of unbranched alkanes of at least 4 members (excludes halogenated alkanes) is 3. The summed E-state index contributed by atoms with van der Waals surface area (Å²) in [5.41, 5.74) is 0. The lowest BCUT2D eigenvalue weighted by molar-refractivity contribution is -0.298. The minimum Gasteiger partial charge on any atom is -0.394 e. The highest BCUT2D eigenvalue weighted by Crippen LogP contribution is 2.21. The van der Waals surface area contributed by atoms with Crippen LogP contribution in [0.5, 0.6) is 0 Å². The first-order chi connectivity index (χ1) is 9.61. The van der Waals surface area contributed by atoms with E-state index in [9.17, 15) is 15.3 Å². The van der Waals surface area contributed by atoms with Crippen molar-refractivity contribution in [1.82, 2.24) is 0 Å². The molecule has 1 rings (SSSR count). The largest absolute Gasteiger partial charge is 0.394 e. The molecule has 1 saturated heterocycles. The summed E-state index contributed by atoms with van der Waals surface area (Å²) in [5.74, 6) is 0. The van der Waals surface area contributed by atoms with Gasteiger partial charge < -0.3 is 29.9 Å². The van der Waals surface area contributed by atoms with Gasteiger partial charge in [-0.2, -0.15) is 0 Å². The van der Waals surface area contributed by atoms with Crippen LogP contribution >= 0.6 is 0 Å². The van der Waals surface area contributed by atoms with Gasteiger partial charge in [0.15, 0.2) is 6.29 Å². The lowest BCUT2D eigenvalue weighted by atomic mass is 9.99. The Balaban J connectivity index is 2.31.